The molecule has 2 aromatic rings. The SMILES string of the molecule is COCc1nc(-c2ccc(OC)c(F)c2)[nH]c(=O)c1Br. The van der Waals surface area contributed by atoms with E-state index in [9.17, 15) is 9.18 Å². The van der Waals surface area contributed by atoms with Gasteiger partial charge in [0.15, 0.2) is 11.6 Å². The van der Waals surface area contributed by atoms with E-state index in [0.29, 0.717) is 15.7 Å². The Labute approximate surface area is 122 Å². The quantitative estimate of drug-likeness (QED) is 0.927. The smallest absolute Gasteiger partial charge is 0.265 e. The Bertz CT molecular complexity index is 688. The van der Waals surface area contributed by atoms with Crippen LogP contribution in [0.5, 0.6) is 5.75 Å². The Morgan fingerprint density at radius 2 is 2.15 bits per heavy atom. The van der Waals surface area contributed by atoms with Crippen molar-refractivity contribution in [2.45, 2.75) is 6.61 Å². The zero-order valence-corrected chi connectivity index (χ0v) is 12.5. The molecule has 1 aromatic carbocycles. The van der Waals surface area contributed by atoms with Crippen LogP contribution in [0.3, 0.4) is 0 Å². The summed E-state index contributed by atoms with van der Waals surface area (Å²) >= 11 is 3.14. The molecule has 0 atom stereocenters. The van der Waals surface area contributed by atoms with Gasteiger partial charge in [0.25, 0.3) is 5.56 Å². The third-order valence-corrected chi connectivity index (χ3v) is 3.46. The van der Waals surface area contributed by atoms with Crippen molar-refractivity contribution < 1.29 is 13.9 Å². The number of aromatic nitrogens is 2. The van der Waals surface area contributed by atoms with E-state index < -0.39 is 5.82 Å². The van der Waals surface area contributed by atoms with Crippen LogP contribution in [-0.4, -0.2) is 24.2 Å². The molecule has 0 saturated heterocycles. The summed E-state index contributed by atoms with van der Waals surface area (Å²) in [5.41, 5.74) is 0.547. The van der Waals surface area contributed by atoms with Crippen molar-refractivity contribution >= 4 is 15.9 Å². The first-order valence-electron chi connectivity index (χ1n) is 5.68. The van der Waals surface area contributed by atoms with Crippen LogP contribution in [0.1, 0.15) is 5.69 Å². The lowest BCUT2D eigenvalue weighted by atomic mass is 10.2. The number of ether oxygens (including phenoxy) is 2. The Morgan fingerprint density at radius 1 is 1.40 bits per heavy atom. The number of nitrogens with zero attached hydrogens (tertiary/aromatic N) is 1. The molecule has 0 amide bonds. The minimum atomic E-state index is -0.524. The van der Waals surface area contributed by atoms with Crippen LogP contribution < -0.4 is 10.3 Å². The average Bonchev–Trinajstić information content (AvgIpc) is 2.43. The lowest BCUT2D eigenvalue weighted by Gasteiger charge is -2.07. The highest BCUT2D eigenvalue weighted by Gasteiger charge is 2.12. The number of nitrogens with one attached hydrogen (secondary N) is 1. The number of H-pyrrole nitrogens is 1. The first kappa shape index (κ1) is 14.7. The molecule has 0 aliphatic carbocycles. The standard InChI is InChI=1S/C13H12BrFN2O3/c1-19-6-9-11(14)13(18)17-12(16-9)7-3-4-10(20-2)8(15)5-7/h3-5H,6H2,1-2H3,(H,16,17,18). The van der Waals surface area contributed by atoms with Crippen molar-refractivity contribution in [3.63, 3.8) is 0 Å². The molecule has 0 unspecified atom stereocenters. The fourth-order valence-corrected chi connectivity index (χ4v) is 1.99. The van der Waals surface area contributed by atoms with Crippen molar-refractivity contribution in [1.82, 2.24) is 9.97 Å². The van der Waals surface area contributed by atoms with Crippen LogP contribution in [0.15, 0.2) is 27.5 Å². The third-order valence-electron chi connectivity index (χ3n) is 2.64. The van der Waals surface area contributed by atoms with Crippen LogP contribution in [0, 0.1) is 5.82 Å². The number of aromatic amines is 1. The number of hydrogen-bond acceptors (Lipinski definition) is 4. The second kappa shape index (κ2) is 6.15. The van der Waals surface area contributed by atoms with Gasteiger partial charge in [-0.15, -0.1) is 0 Å². The second-order valence-electron chi connectivity index (χ2n) is 3.96. The fraction of sp³-hybridized carbons (Fsp3) is 0.231. The zero-order chi connectivity index (χ0) is 14.7. The summed E-state index contributed by atoms with van der Waals surface area (Å²) in [5.74, 6) is -0.124. The van der Waals surface area contributed by atoms with Gasteiger partial charge in [0, 0.05) is 12.7 Å². The van der Waals surface area contributed by atoms with Gasteiger partial charge in [-0.2, -0.15) is 0 Å². The lowest BCUT2D eigenvalue weighted by molar-refractivity contribution is 0.180. The van der Waals surface area contributed by atoms with Crippen molar-refractivity contribution in [1.29, 1.82) is 0 Å². The van der Waals surface area contributed by atoms with Crippen LogP contribution >= 0.6 is 15.9 Å². The number of halogens is 2. The predicted octanol–water partition coefficient (Wildman–Crippen LogP) is 2.49. The van der Waals surface area contributed by atoms with E-state index in [0.717, 1.165) is 0 Å². The van der Waals surface area contributed by atoms with Crippen molar-refractivity contribution in [2.24, 2.45) is 0 Å². The summed E-state index contributed by atoms with van der Waals surface area (Å²) in [6.07, 6.45) is 0. The zero-order valence-electron chi connectivity index (χ0n) is 10.9. The highest BCUT2D eigenvalue weighted by atomic mass is 79.9. The van der Waals surface area contributed by atoms with Crippen molar-refractivity contribution in [2.75, 3.05) is 14.2 Å². The lowest BCUT2D eigenvalue weighted by Crippen LogP contribution is -2.14. The summed E-state index contributed by atoms with van der Waals surface area (Å²) in [5, 5.41) is 0. The van der Waals surface area contributed by atoms with Gasteiger partial charge in [-0.25, -0.2) is 9.37 Å². The largest absolute Gasteiger partial charge is 0.494 e. The van der Waals surface area contributed by atoms with Crippen LogP contribution in [-0.2, 0) is 11.3 Å². The summed E-state index contributed by atoms with van der Waals surface area (Å²) in [6.45, 7) is 0.177. The Kier molecular flexibility index (Phi) is 4.51. The van der Waals surface area contributed by atoms with Gasteiger partial charge in [-0.1, -0.05) is 0 Å². The summed E-state index contributed by atoms with van der Waals surface area (Å²) < 4.78 is 23.8. The summed E-state index contributed by atoms with van der Waals surface area (Å²) in [6, 6.07) is 4.34. The molecule has 0 bridgehead atoms. The van der Waals surface area contributed by atoms with E-state index in [1.165, 1.54) is 26.4 Å². The molecule has 5 nitrogen and oxygen atoms in total. The first-order valence-corrected chi connectivity index (χ1v) is 6.47. The third kappa shape index (κ3) is 2.88. The average molecular weight is 343 g/mol. The number of rotatable bonds is 4. The molecule has 0 aliphatic heterocycles. The van der Waals surface area contributed by atoms with E-state index in [1.807, 2.05) is 0 Å². The highest BCUT2D eigenvalue weighted by molar-refractivity contribution is 9.10. The van der Waals surface area contributed by atoms with Gasteiger partial charge in [0.05, 0.1) is 19.4 Å². The van der Waals surface area contributed by atoms with Gasteiger partial charge in [-0.05, 0) is 34.1 Å². The Morgan fingerprint density at radius 3 is 2.75 bits per heavy atom. The number of benzene rings is 1. The predicted molar refractivity (Wildman–Crippen MR) is 75.2 cm³/mol. The first-order chi connectivity index (χ1) is 9.56. The molecular weight excluding hydrogens is 331 g/mol. The molecule has 0 fully saturated rings. The molecule has 0 aliphatic rings. The van der Waals surface area contributed by atoms with Crippen molar-refractivity contribution in [3.05, 3.63) is 44.5 Å². The van der Waals surface area contributed by atoms with E-state index >= 15 is 0 Å². The number of methoxy groups -OCH3 is 2. The van der Waals surface area contributed by atoms with Gasteiger partial charge in [0.1, 0.15) is 10.3 Å². The van der Waals surface area contributed by atoms with E-state index in [2.05, 4.69) is 25.9 Å². The molecule has 1 heterocycles. The van der Waals surface area contributed by atoms with Crippen LogP contribution in [0.2, 0.25) is 0 Å². The molecule has 0 radical (unpaired) electrons. The maximum Gasteiger partial charge on any atom is 0.265 e. The van der Waals surface area contributed by atoms with E-state index in [4.69, 9.17) is 9.47 Å². The summed E-state index contributed by atoms with van der Waals surface area (Å²) in [7, 11) is 2.89. The van der Waals surface area contributed by atoms with Gasteiger partial charge >= 0.3 is 0 Å². The molecule has 106 valence electrons. The van der Waals surface area contributed by atoms with Gasteiger partial charge < -0.3 is 14.5 Å². The van der Waals surface area contributed by atoms with E-state index in [-0.39, 0.29) is 23.7 Å². The molecule has 20 heavy (non-hydrogen) atoms. The van der Waals surface area contributed by atoms with Crippen molar-refractivity contribution in [3.8, 4) is 17.1 Å². The van der Waals surface area contributed by atoms with Crippen LogP contribution in [0.4, 0.5) is 4.39 Å². The second-order valence-corrected chi connectivity index (χ2v) is 4.75. The molecule has 1 N–H and O–H groups in total. The monoisotopic (exact) mass is 342 g/mol. The molecule has 0 spiro atoms. The molecule has 7 heteroatoms. The maximum atomic E-state index is 13.7. The topological polar surface area (TPSA) is 64.2 Å². The van der Waals surface area contributed by atoms with Gasteiger partial charge in [0.2, 0.25) is 0 Å². The Hall–Kier alpha value is -1.73. The van der Waals surface area contributed by atoms with Gasteiger partial charge in [-0.3, -0.25) is 4.79 Å². The number of hydrogen-bond donors (Lipinski definition) is 1. The fourth-order valence-electron chi connectivity index (χ4n) is 1.69. The molecule has 1 aromatic heterocycles. The normalized spacial score (nSPS) is 10.6. The minimum absolute atomic E-state index is 0.130. The molecule has 0 saturated carbocycles. The highest BCUT2D eigenvalue weighted by Crippen LogP contribution is 2.23. The maximum absolute atomic E-state index is 13.7. The molecular formula is C13H12BrFN2O3. The summed E-state index contributed by atoms with van der Waals surface area (Å²) in [4.78, 5) is 18.6. The molecule has 2 rings (SSSR count). The van der Waals surface area contributed by atoms with E-state index in [1.54, 1.807) is 6.07 Å². The minimum Gasteiger partial charge on any atom is -0.494 e. The Balaban J connectivity index is 2.52. The van der Waals surface area contributed by atoms with Crippen LogP contribution in [0.25, 0.3) is 11.4 Å².